The lowest BCUT2D eigenvalue weighted by Crippen LogP contribution is -2.09. The van der Waals surface area contributed by atoms with Gasteiger partial charge in [-0.05, 0) is 19.4 Å². The molecule has 0 fully saturated rings. The molecule has 0 aliphatic rings. The third kappa shape index (κ3) is 5.62. The summed E-state index contributed by atoms with van der Waals surface area (Å²) in [6.45, 7) is 4.15. The molecule has 7 nitrogen and oxygen atoms in total. The number of pyridine rings is 1. The van der Waals surface area contributed by atoms with Gasteiger partial charge in [0.25, 0.3) is 5.69 Å². The fourth-order valence-electron chi connectivity index (χ4n) is 1.48. The van der Waals surface area contributed by atoms with Crippen molar-refractivity contribution >= 4 is 11.5 Å². The van der Waals surface area contributed by atoms with Gasteiger partial charge in [0.05, 0.1) is 18.1 Å². The molecule has 0 spiro atoms. The molecule has 0 atom stereocenters. The van der Waals surface area contributed by atoms with Crippen molar-refractivity contribution < 1.29 is 14.4 Å². The predicted molar refractivity (Wildman–Crippen MR) is 71.4 cm³/mol. The lowest BCUT2D eigenvalue weighted by atomic mass is 10.3. The lowest BCUT2D eigenvalue weighted by molar-refractivity contribution is -0.385. The standard InChI is InChI=1S/C12H19N3O4/c1-10-11(15(16)17)4-5-12(14-10)13-6-3-7-19-9-8-18-2/h4-5H,3,6-9H2,1-2H3,(H,13,14). The molecule has 0 aliphatic carbocycles. The van der Waals surface area contributed by atoms with E-state index in [1.165, 1.54) is 6.07 Å². The summed E-state index contributed by atoms with van der Waals surface area (Å²) < 4.78 is 10.2. The Labute approximate surface area is 112 Å². The Kier molecular flexibility index (Phi) is 6.76. The van der Waals surface area contributed by atoms with Crippen molar-refractivity contribution in [3.05, 3.63) is 27.9 Å². The minimum atomic E-state index is -0.435. The van der Waals surface area contributed by atoms with Crippen molar-refractivity contribution in [2.45, 2.75) is 13.3 Å². The number of nitro groups is 1. The number of ether oxygens (including phenoxy) is 2. The summed E-state index contributed by atoms with van der Waals surface area (Å²) in [6, 6.07) is 3.07. The van der Waals surface area contributed by atoms with E-state index in [-0.39, 0.29) is 5.69 Å². The zero-order chi connectivity index (χ0) is 14.1. The summed E-state index contributed by atoms with van der Waals surface area (Å²) in [5.41, 5.74) is 0.444. The molecule has 0 saturated heterocycles. The number of hydrogen-bond donors (Lipinski definition) is 1. The van der Waals surface area contributed by atoms with Crippen LogP contribution >= 0.6 is 0 Å². The largest absolute Gasteiger partial charge is 0.382 e. The van der Waals surface area contributed by atoms with E-state index in [2.05, 4.69) is 10.3 Å². The second-order valence-corrected chi connectivity index (χ2v) is 3.94. The van der Waals surface area contributed by atoms with Gasteiger partial charge in [0.1, 0.15) is 11.5 Å². The topological polar surface area (TPSA) is 86.5 Å². The molecular weight excluding hydrogens is 250 g/mol. The van der Waals surface area contributed by atoms with Gasteiger partial charge in [0, 0.05) is 26.3 Å². The Bertz CT molecular complexity index is 412. The van der Waals surface area contributed by atoms with Crippen molar-refractivity contribution in [3.8, 4) is 0 Å². The van der Waals surface area contributed by atoms with Crippen LogP contribution in [-0.2, 0) is 9.47 Å². The first-order valence-electron chi connectivity index (χ1n) is 6.07. The van der Waals surface area contributed by atoms with Crippen molar-refractivity contribution in [1.29, 1.82) is 0 Å². The van der Waals surface area contributed by atoms with Gasteiger partial charge in [-0.1, -0.05) is 0 Å². The number of rotatable bonds is 9. The molecule has 1 heterocycles. The van der Waals surface area contributed by atoms with Crippen LogP contribution in [0.1, 0.15) is 12.1 Å². The molecule has 0 aromatic carbocycles. The van der Waals surface area contributed by atoms with Crippen LogP contribution < -0.4 is 5.32 Å². The van der Waals surface area contributed by atoms with Gasteiger partial charge in [-0.2, -0.15) is 0 Å². The quantitative estimate of drug-likeness (QED) is 0.417. The van der Waals surface area contributed by atoms with Gasteiger partial charge >= 0.3 is 0 Å². The normalized spacial score (nSPS) is 10.4. The van der Waals surface area contributed by atoms with E-state index in [0.717, 1.165) is 6.42 Å². The van der Waals surface area contributed by atoms with E-state index in [0.29, 0.717) is 37.9 Å². The van der Waals surface area contributed by atoms with Gasteiger partial charge in [0.15, 0.2) is 0 Å². The summed E-state index contributed by atoms with van der Waals surface area (Å²) in [5.74, 6) is 0.639. The van der Waals surface area contributed by atoms with Gasteiger partial charge in [0.2, 0.25) is 0 Å². The Balaban J connectivity index is 2.26. The van der Waals surface area contributed by atoms with Crippen LogP contribution in [0, 0.1) is 17.0 Å². The van der Waals surface area contributed by atoms with E-state index in [1.807, 2.05) is 0 Å². The maximum atomic E-state index is 10.6. The molecule has 1 rings (SSSR count). The Morgan fingerprint density at radius 2 is 2.16 bits per heavy atom. The summed E-state index contributed by atoms with van der Waals surface area (Å²) in [6.07, 6.45) is 0.835. The molecule has 0 aliphatic heterocycles. The maximum absolute atomic E-state index is 10.6. The first-order valence-corrected chi connectivity index (χ1v) is 6.07. The minimum absolute atomic E-state index is 0.0356. The number of anilines is 1. The van der Waals surface area contributed by atoms with E-state index in [9.17, 15) is 10.1 Å². The van der Waals surface area contributed by atoms with E-state index < -0.39 is 4.92 Å². The van der Waals surface area contributed by atoms with Crippen molar-refractivity contribution in [3.63, 3.8) is 0 Å². The summed E-state index contributed by atoms with van der Waals surface area (Å²) >= 11 is 0. The van der Waals surface area contributed by atoms with Crippen molar-refractivity contribution in [2.75, 3.05) is 38.8 Å². The van der Waals surface area contributed by atoms with Crippen molar-refractivity contribution in [2.24, 2.45) is 0 Å². The highest BCUT2D eigenvalue weighted by molar-refractivity contribution is 5.44. The number of aromatic nitrogens is 1. The molecule has 0 amide bonds. The van der Waals surface area contributed by atoms with E-state index >= 15 is 0 Å². The number of nitrogens with one attached hydrogen (secondary N) is 1. The predicted octanol–water partition coefficient (Wildman–Crippen LogP) is 1.76. The highest BCUT2D eigenvalue weighted by atomic mass is 16.6. The molecule has 1 aromatic rings. The number of nitrogens with zero attached hydrogens (tertiary/aromatic N) is 2. The molecule has 7 heteroatoms. The monoisotopic (exact) mass is 269 g/mol. The molecule has 0 unspecified atom stereocenters. The summed E-state index contributed by atoms with van der Waals surface area (Å²) in [5, 5.41) is 13.7. The highest BCUT2D eigenvalue weighted by Crippen LogP contribution is 2.17. The molecule has 0 saturated carbocycles. The molecule has 106 valence electrons. The van der Waals surface area contributed by atoms with E-state index in [1.54, 1.807) is 20.1 Å². The fourth-order valence-corrected chi connectivity index (χ4v) is 1.48. The van der Waals surface area contributed by atoms with Gasteiger partial charge in [-0.3, -0.25) is 10.1 Å². The van der Waals surface area contributed by atoms with Crippen LogP contribution in [0.2, 0.25) is 0 Å². The van der Waals surface area contributed by atoms with Crippen LogP contribution in [0.15, 0.2) is 12.1 Å². The third-order valence-electron chi connectivity index (χ3n) is 2.46. The van der Waals surface area contributed by atoms with Crippen LogP contribution in [0.3, 0.4) is 0 Å². The van der Waals surface area contributed by atoms with Gasteiger partial charge in [-0.15, -0.1) is 0 Å². The molecule has 0 bridgehead atoms. The summed E-state index contributed by atoms with van der Waals surface area (Å²) in [7, 11) is 1.63. The molecule has 1 aromatic heterocycles. The van der Waals surface area contributed by atoms with Crippen LogP contribution in [0.4, 0.5) is 11.5 Å². The average Bonchev–Trinajstić information content (AvgIpc) is 2.37. The smallest absolute Gasteiger partial charge is 0.290 e. The first kappa shape index (κ1) is 15.3. The van der Waals surface area contributed by atoms with Crippen molar-refractivity contribution in [1.82, 2.24) is 4.98 Å². The van der Waals surface area contributed by atoms with Gasteiger partial charge in [-0.25, -0.2) is 4.98 Å². The van der Waals surface area contributed by atoms with Crippen LogP contribution in [-0.4, -0.2) is 43.4 Å². The zero-order valence-electron chi connectivity index (χ0n) is 11.2. The maximum Gasteiger partial charge on any atom is 0.290 e. The van der Waals surface area contributed by atoms with Gasteiger partial charge < -0.3 is 14.8 Å². The SMILES string of the molecule is COCCOCCCNc1ccc([N+](=O)[O-])c(C)n1. The lowest BCUT2D eigenvalue weighted by Gasteiger charge is -2.07. The fraction of sp³-hybridized carbons (Fsp3) is 0.583. The highest BCUT2D eigenvalue weighted by Gasteiger charge is 2.11. The third-order valence-corrected chi connectivity index (χ3v) is 2.46. The molecular formula is C12H19N3O4. The minimum Gasteiger partial charge on any atom is -0.382 e. The number of methoxy groups -OCH3 is 1. The molecule has 19 heavy (non-hydrogen) atoms. The number of hydrogen-bond acceptors (Lipinski definition) is 6. The molecule has 0 radical (unpaired) electrons. The average molecular weight is 269 g/mol. The summed E-state index contributed by atoms with van der Waals surface area (Å²) in [4.78, 5) is 14.3. The van der Waals surface area contributed by atoms with Crippen LogP contribution in [0.25, 0.3) is 0 Å². The first-order chi connectivity index (χ1) is 9.15. The zero-order valence-corrected chi connectivity index (χ0v) is 11.2. The second kappa shape index (κ2) is 8.39. The Morgan fingerprint density at radius 3 is 2.79 bits per heavy atom. The van der Waals surface area contributed by atoms with Crippen LogP contribution in [0.5, 0.6) is 0 Å². The van der Waals surface area contributed by atoms with E-state index in [4.69, 9.17) is 9.47 Å². The Hall–Kier alpha value is -1.73. The second-order valence-electron chi connectivity index (χ2n) is 3.94. The Morgan fingerprint density at radius 1 is 1.37 bits per heavy atom. The number of aryl methyl sites for hydroxylation is 1. The molecule has 1 N–H and O–H groups in total.